The van der Waals surface area contributed by atoms with E-state index in [0.29, 0.717) is 13.1 Å². The topological polar surface area (TPSA) is 41.6 Å². The highest BCUT2D eigenvalue weighted by atomic mass is 19.1. The first kappa shape index (κ1) is 14.3. The van der Waals surface area contributed by atoms with Gasteiger partial charge in [0.2, 0.25) is 0 Å². The molecule has 1 N–H and O–H groups in total. The van der Waals surface area contributed by atoms with Crippen molar-refractivity contribution in [2.75, 3.05) is 19.6 Å². The summed E-state index contributed by atoms with van der Waals surface area (Å²) in [5.74, 6) is -0.226. The number of likely N-dealkylation sites (tertiary alicyclic amines) is 1. The molecular weight excluding hydrogens is 271 g/mol. The van der Waals surface area contributed by atoms with Gasteiger partial charge in [0.05, 0.1) is 0 Å². The van der Waals surface area contributed by atoms with Gasteiger partial charge in [0, 0.05) is 31.1 Å². The summed E-state index contributed by atoms with van der Waals surface area (Å²) < 4.78 is 18.4. The zero-order valence-corrected chi connectivity index (χ0v) is 12.6. The molecule has 1 aromatic carbocycles. The predicted octanol–water partition coefficient (Wildman–Crippen LogP) is 2.71. The third-order valence-electron chi connectivity index (χ3n) is 4.14. The number of carbonyl (C=O) groups is 1. The van der Waals surface area contributed by atoms with Crippen LogP contribution in [0.15, 0.2) is 24.3 Å². The van der Waals surface area contributed by atoms with Crippen LogP contribution >= 0.6 is 0 Å². The molecule has 1 atom stereocenters. The normalized spacial score (nSPS) is 23.4. The highest BCUT2D eigenvalue weighted by Crippen LogP contribution is 2.48. The van der Waals surface area contributed by atoms with Crippen molar-refractivity contribution in [3.05, 3.63) is 35.6 Å². The van der Waals surface area contributed by atoms with E-state index in [1.165, 1.54) is 12.1 Å². The van der Waals surface area contributed by atoms with Crippen molar-refractivity contribution in [2.24, 2.45) is 5.41 Å². The van der Waals surface area contributed by atoms with Crippen molar-refractivity contribution in [1.82, 2.24) is 10.2 Å². The molecule has 5 heteroatoms. The lowest BCUT2D eigenvalue weighted by atomic mass is 9.65. The van der Waals surface area contributed by atoms with E-state index >= 15 is 0 Å². The van der Waals surface area contributed by atoms with Crippen LogP contribution in [0.2, 0.25) is 0 Å². The summed E-state index contributed by atoms with van der Waals surface area (Å²) in [5.41, 5.74) is 0.689. The van der Waals surface area contributed by atoms with Crippen LogP contribution in [0.3, 0.4) is 0 Å². The van der Waals surface area contributed by atoms with Gasteiger partial charge >= 0.3 is 6.09 Å². The first-order chi connectivity index (χ1) is 9.79. The Balaban J connectivity index is 1.62. The summed E-state index contributed by atoms with van der Waals surface area (Å²) in [6, 6.07) is 6.77. The Morgan fingerprint density at radius 2 is 1.95 bits per heavy atom. The quantitative estimate of drug-likeness (QED) is 0.865. The van der Waals surface area contributed by atoms with Gasteiger partial charge in [0.15, 0.2) is 0 Å². The lowest BCUT2D eigenvalue weighted by Gasteiger charge is -2.60. The number of halogens is 1. The van der Waals surface area contributed by atoms with Crippen molar-refractivity contribution < 1.29 is 13.9 Å². The third kappa shape index (κ3) is 2.62. The first-order valence-corrected chi connectivity index (χ1v) is 7.26. The highest BCUT2D eigenvalue weighted by molar-refractivity contribution is 5.69. The van der Waals surface area contributed by atoms with Crippen molar-refractivity contribution in [1.29, 1.82) is 0 Å². The lowest BCUT2D eigenvalue weighted by Crippen LogP contribution is -2.73. The molecule has 3 rings (SSSR count). The van der Waals surface area contributed by atoms with Crippen molar-refractivity contribution in [3.63, 3.8) is 0 Å². The van der Waals surface area contributed by atoms with Gasteiger partial charge < -0.3 is 15.0 Å². The van der Waals surface area contributed by atoms with Crippen LogP contribution < -0.4 is 5.32 Å². The summed E-state index contributed by atoms with van der Waals surface area (Å²) in [7, 11) is 0. The van der Waals surface area contributed by atoms with E-state index in [1.54, 1.807) is 4.90 Å². The fourth-order valence-corrected chi connectivity index (χ4v) is 3.08. The van der Waals surface area contributed by atoms with Gasteiger partial charge in [0.1, 0.15) is 11.4 Å². The van der Waals surface area contributed by atoms with Crippen molar-refractivity contribution in [2.45, 2.75) is 32.4 Å². The molecule has 0 bridgehead atoms. The number of nitrogens with zero attached hydrogens (tertiary/aromatic N) is 1. The molecule has 0 saturated carbocycles. The van der Waals surface area contributed by atoms with Crippen LogP contribution in [0.1, 0.15) is 32.4 Å². The Morgan fingerprint density at radius 3 is 2.43 bits per heavy atom. The standard InChI is InChI=1S/C16H21FN2O2/c1-15(2,3)21-14(20)19-9-16(10-19)8-18-13(16)11-4-6-12(17)7-5-11/h4-7,13,18H,8-10H2,1-3H3/t13-/m1/s1. The minimum absolute atomic E-state index is 0.0781. The second-order valence-electron chi connectivity index (χ2n) is 7.06. The Hall–Kier alpha value is -1.62. The maximum absolute atomic E-state index is 13.0. The van der Waals surface area contributed by atoms with E-state index in [-0.39, 0.29) is 23.4 Å². The van der Waals surface area contributed by atoms with Crippen LogP contribution in [0.5, 0.6) is 0 Å². The van der Waals surface area contributed by atoms with Crippen molar-refractivity contribution in [3.8, 4) is 0 Å². The van der Waals surface area contributed by atoms with E-state index in [0.717, 1.165) is 12.1 Å². The number of amides is 1. The molecule has 2 aliphatic rings. The molecule has 0 aliphatic carbocycles. The Morgan fingerprint density at radius 1 is 1.33 bits per heavy atom. The van der Waals surface area contributed by atoms with Gasteiger partial charge in [-0.2, -0.15) is 0 Å². The number of ether oxygens (including phenoxy) is 1. The molecule has 1 spiro atoms. The molecule has 21 heavy (non-hydrogen) atoms. The molecule has 0 aromatic heterocycles. The summed E-state index contributed by atoms with van der Waals surface area (Å²) in [4.78, 5) is 13.7. The average molecular weight is 292 g/mol. The molecular formula is C16H21FN2O2. The number of rotatable bonds is 1. The number of hydrogen-bond donors (Lipinski definition) is 1. The lowest BCUT2D eigenvalue weighted by molar-refractivity contribution is -0.0854. The van der Waals surface area contributed by atoms with E-state index in [9.17, 15) is 9.18 Å². The van der Waals surface area contributed by atoms with Crippen LogP contribution in [0.4, 0.5) is 9.18 Å². The maximum Gasteiger partial charge on any atom is 0.410 e. The summed E-state index contributed by atoms with van der Waals surface area (Å²) in [6.07, 6.45) is -0.252. The van der Waals surface area contributed by atoms with E-state index in [2.05, 4.69) is 5.32 Å². The second-order valence-corrected chi connectivity index (χ2v) is 7.06. The van der Waals surface area contributed by atoms with E-state index in [1.807, 2.05) is 32.9 Å². The molecule has 0 unspecified atom stereocenters. The van der Waals surface area contributed by atoms with Crippen LogP contribution in [0, 0.1) is 11.2 Å². The SMILES string of the molecule is CC(C)(C)OC(=O)N1CC2(CN[C@@H]2c2ccc(F)cc2)C1. The minimum Gasteiger partial charge on any atom is -0.444 e. The smallest absolute Gasteiger partial charge is 0.410 e. The molecule has 1 amide bonds. The van der Waals surface area contributed by atoms with Gasteiger partial charge in [0.25, 0.3) is 0 Å². The van der Waals surface area contributed by atoms with Gasteiger partial charge in [-0.05, 0) is 38.5 Å². The van der Waals surface area contributed by atoms with Crippen LogP contribution in [0.25, 0.3) is 0 Å². The summed E-state index contributed by atoms with van der Waals surface area (Å²) in [6.45, 7) is 7.87. The predicted molar refractivity (Wildman–Crippen MR) is 77.4 cm³/mol. The Bertz CT molecular complexity index is 544. The van der Waals surface area contributed by atoms with Crippen LogP contribution in [-0.4, -0.2) is 36.2 Å². The molecule has 4 nitrogen and oxygen atoms in total. The maximum atomic E-state index is 13.0. The summed E-state index contributed by atoms with van der Waals surface area (Å²) in [5, 5.41) is 3.38. The largest absolute Gasteiger partial charge is 0.444 e. The van der Waals surface area contributed by atoms with E-state index in [4.69, 9.17) is 4.74 Å². The van der Waals surface area contributed by atoms with Gasteiger partial charge in [-0.1, -0.05) is 12.1 Å². The Kier molecular flexibility index (Phi) is 3.20. The molecule has 2 aliphatic heterocycles. The van der Waals surface area contributed by atoms with Crippen LogP contribution in [-0.2, 0) is 4.74 Å². The van der Waals surface area contributed by atoms with Gasteiger partial charge in [-0.3, -0.25) is 0 Å². The van der Waals surface area contributed by atoms with Crippen molar-refractivity contribution >= 4 is 6.09 Å². The molecule has 114 valence electrons. The first-order valence-electron chi connectivity index (χ1n) is 7.26. The zero-order valence-electron chi connectivity index (χ0n) is 12.6. The third-order valence-corrected chi connectivity index (χ3v) is 4.14. The van der Waals surface area contributed by atoms with Gasteiger partial charge in [-0.25, -0.2) is 9.18 Å². The number of nitrogens with one attached hydrogen (secondary N) is 1. The average Bonchev–Trinajstić information content (AvgIpc) is 2.26. The molecule has 0 radical (unpaired) electrons. The molecule has 2 saturated heterocycles. The van der Waals surface area contributed by atoms with Gasteiger partial charge in [-0.15, -0.1) is 0 Å². The fourth-order valence-electron chi connectivity index (χ4n) is 3.08. The number of hydrogen-bond acceptors (Lipinski definition) is 3. The summed E-state index contributed by atoms with van der Waals surface area (Å²) >= 11 is 0. The number of benzene rings is 1. The zero-order chi connectivity index (χ0) is 15.3. The van der Waals surface area contributed by atoms with E-state index < -0.39 is 5.60 Å². The minimum atomic E-state index is -0.464. The Labute approximate surface area is 124 Å². The molecule has 2 heterocycles. The fraction of sp³-hybridized carbons (Fsp3) is 0.562. The second kappa shape index (κ2) is 4.70. The molecule has 1 aromatic rings. The monoisotopic (exact) mass is 292 g/mol. The number of carbonyl (C=O) groups excluding carboxylic acids is 1. The molecule has 2 fully saturated rings. The highest BCUT2D eigenvalue weighted by Gasteiger charge is 2.57.